The summed E-state index contributed by atoms with van der Waals surface area (Å²) in [6, 6.07) is 10.7. The van der Waals surface area contributed by atoms with Gasteiger partial charge in [0.1, 0.15) is 5.75 Å². The van der Waals surface area contributed by atoms with Crippen LogP contribution in [0, 0.1) is 6.92 Å². The molecule has 0 aliphatic heterocycles. The number of benzene rings is 2. The van der Waals surface area contributed by atoms with Crippen molar-refractivity contribution in [2.75, 3.05) is 11.1 Å². The molecule has 2 aromatic rings. The first-order valence-corrected chi connectivity index (χ1v) is 8.73. The molecule has 0 radical (unpaired) electrons. The number of halogens is 2. The molecule has 22 heavy (non-hydrogen) atoms. The van der Waals surface area contributed by atoms with E-state index in [9.17, 15) is 13.2 Å². The molecule has 0 fully saturated rings. The van der Waals surface area contributed by atoms with Crippen LogP contribution in [0.4, 0.5) is 5.69 Å². The third-order valence-electron chi connectivity index (χ3n) is 2.97. The maximum atomic E-state index is 12.2. The van der Waals surface area contributed by atoms with Gasteiger partial charge in [-0.3, -0.25) is 4.79 Å². The van der Waals surface area contributed by atoms with Gasteiger partial charge in [0.25, 0.3) is 0 Å². The molecule has 0 saturated carbocycles. The van der Waals surface area contributed by atoms with Crippen LogP contribution in [0.1, 0.15) is 5.56 Å². The maximum absolute atomic E-state index is 12.2. The number of carbonyl (C=O) groups excluding carboxylic acids is 1. The highest BCUT2D eigenvalue weighted by Gasteiger charge is 2.19. The second-order valence-electron chi connectivity index (χ2n) is 4.72. The van der Waals surface area contributed by atoms with Gasteiger partial charge in [-0.1, -0.05) is 29.3 Å². The highest BCUT2D eigenvalue weighted by Crippen LogP contribution is 2.21. The molecule has 0 atom stereocenters. The van der Waals surface area contributed by atoms with Gasteiger partial charge in [0.15, 0.2) is 9.84 Å². The van der Waals surface area contributed by atoms with Crippen LogP contribution < -0.4 is 5.32 Å². The Balaban J connectivity index is 2.14. The largest absolute Gasteiger partial charge is 0.325 e. The molecule has 2 rings (SSSR count). The fourth-order valence-corrected chi connectivity index (χ4v) is 3.25. The first-order chi connectivity index (χ1) is 10.3. The molecule has 0 heterocycles. The molecular formula is C15H13Cl2NO3S. The summed E-state index contributed by atoms with van der Waals surface area (Å²) in [6.07, 6.45) is 0. The van der Waals surface area contributed by atoms with Crippen molar-refractivity contribution < 1.29 is 13.2 Å². The van der Waals surface area contributed by atoms with E-state index in [1.165, 1.54) is 24.3 Å². The number of rotatable bonds is 4. The van der Waals surface area contributed by atoms with Crippen molar-refractivity contribution in [3.05, 3.63) is 58.1 Å². The maximum Gasteiger partial charge on any atom is 0.239 e. The Kier molecular flexibility index (Phi) is 5.11. The third kappa shape index (κ3) is 4.22. The standard InChI is InChI=1S/C15H13Cl2NO3S/c1-10-2-3-12(17)8-14(10)18-15(19)9-22(20,21)13-6-4-11(16)5-7-13/h2-8H,9H2,1H3,(H,18,19). The number of amides is 1. The molecule has 0 aromatic heterocycles. The minimum absolute atomic E-state index is 0.0508. The van der Waals surface area contributed by atoms with E-state index in [4.69, 9.17) is 23.2 Å². The van der Waals surface area contributed by atoms with Crippen molar-refractivity contribution in [1.29, 1.82) is 0 Å². The van der Waals surface area contributed by atoms with Crippen molar-refractivity contribution in [1.82, 2.24) is 0 Å². The zero-order valence-electron chi connectivity index (χ0n) is 11.6. The zero-order chi connectivity index (χ0) is 16.3. The van der Waals surface area contributed by atoms with E-state index in [-0.39, 0.29) is 4.90 Å². The van der Waals surface area contributed by atoms with Crippen molar-refractivity contribution >= 4 is 44.6 Å². The van der Waals surface area contributed by atoms with Crippen molar-refractivity contribution in [2.45, 2.75) is 11.8 Å². The molecule has 0 bridgehead atoms. The minimum Gasteiger partial charge on any atom is -0.325 e. The summed E-state index contributed by atoms with van der Waals surface area (Å²) >= 11 is 11.6. The van der Waals surface area contributed by atoms with E-state index in [1.54, 1.807) is 25.1 Å². The van der Waals surface area contributed by atoms with Gasteiger partial charge in [0.2, 0.25) is 5.91 Å². The van der Waals surface area contributed by atoms with Gasteiger partial charge in [-0.25, -0.2) is 8.42 Å². The molecule has 2 aromatic carbocycles. The van der Waals surface area contributed by atoms with E-state index in [0.717, 1.165) is 5.56 Å². The lowest BCUT2D eigenvalue weighted by molar-refractivity contribution is -0.113. The normalized spacial score (nSPS) is 11.2. The molecule has 0 unspecified atom stereocenters. The number of nitrogens with one attached hydrogen (secondary N) is 1. The lowest BCUT2D eigenvalue weighted by atomic mass is 10.2. The van der Waals surface area contributed by atoms with Crippen LogP contribution in [0.25, 0.3) is 0 Å². The van der Waals surface area contributed by atoms with Gasteiger partial charge >= 0.3 is 0 Å². The smallest absolute Gasteiger partial charge is 0.239 e. The number of hydrogen-bond donors (Lipinski definition) is 1. The third-order valence-corrected chi connectivity index (χ3v) is 5.09. The predicted molar refractivity (Wildman–Crippen MR) is 88.3 cm³/mol. The number of hydrogen-bond acceptors (Lipinski definition) is 3. The van der Waals surface area contributed by atoms with Gasteiger partial charge in [0, 0.05) is 15.7 Å². The van der Waals surface area contributed by atoms with Crippen molar-refractivity contribution in [3.8, 4) is 0 Å². The molecule has 0 aliphatic carbocycles. The highest BCUT2D eigenvalue weighted by atomic mass is 35.5. The molecule has 1 N–H and O–H groups in total. The molecule has 116 valence electrons. The van der Waals surface area contributed by atoms with Crippen LogP contribution >= 0.6 is 23.2 Å². The number of sulfone groups is 1. The van der Waals surface area contributed by atoms with Gasteiger partial charge in [0.05, 0.1) is 4.90 Å². The van der Waals surface area contributed by atoms with Crippen LogP contribution in [0.3, 0.4) is 0 Å². The summed E-state index contributed by atoms with van der Waals surface area (Å²) in [5.41, 5.74) is 1.28. The fraction of sp³-hybridized carbons (Fsp3) is 0.133. The summed E-state index contributed by atoms with van der Waals surface area (Å²) in [5, 5.41) is 3.45. The fourth-order valence-electron chi connectivity index (χ4n) is 1.81. The Morgan fingerprint density at radius 2 is 1.64 bits per heavy atom. The van der Waals surface area contributed by atoms with Crippen molar-refractivity contribution in [3.63, 3.8) is 0 Å². The van der Waals surface area contributed by atoms with Crippen LogP contribution in [0.2, 0.25) is 10.0 Å². The second-order valence-corrected chi connectivity index (χ2v) is 7.58. The highest BCUT2D eigenvalue weighted by molar-refractivity contribution is 7.92. The second kappa shape index (κ2) is 6.69. The molecule has 7 heteroatoms. The number of carbonyl (C=O) groups is 1. The molecule has 0 saturated heterocycles. The first-order valence-electron chi connectivity index (χ1n) is 6.32. The van der Waals surface area contributed by atoms with Gasteiger partial charge in [-0.15, -0.1) is 0 Å². The van der Waals surface area contributed by atoms with Gasteiger partial charge in [-0.05, 0) is 48.9 Å². The Morgan fingerprint density at radius 1 is 1.05 bits per heavy atom. The summed E-state index contributed by atoms with van der Waals surface area (Å²) in [5.74, 6) is -1.28. The molecule has 1 amide bonds. The number of anilines is 1. The molecular weight excluding hydrogens is 345 g/mol. The minimum atomic E-state index is -3.72. The van der Waals surface area contributed by atoms with Crippen molar-refractivity contribution in [2.24, 2.45) is 0 Å². The van der Waals surface area contributed by atoms with Gasteiger partial charge in [-0.2, -0.15) is 0 Å². The quantitative estimate of drug-likeness (QED) is 0.906. The Bertz CT molecular complexity index is 802. The van der Waals surface area contributed by atoms with Crippen LogP contribution in [-0.2, 0) is 14.6 Å². The Morgan fingerprint density at radius 3 is 2.27 bits per heavy atom. The lowest BCUT2D eigenvalue weighted by Gasteiger charge is -2.09. The molecule has 0 aliphatic rings. The predicted octanol–water partition coefficient (Wildman–Crippen LogP) is 3.71. The average Bonchev–Trinajstić information content (AvgIpc) is 2.42. The van der Waals surface area contributed by atoms with E-state index in [1.807, 2.05) is 0 Å². The van der Waals surface area contributed by atoms with Gasteiger partial charge < -0.3 is 5.32 Å². The molecule has 4 nitrogen and oxygen atoms in total. The topological polar surface area (TPSA) is 63.2 Å². The summed E-state index contributed by atoms with van der Waals surface area (Å²) in [4.78, 5) is 12.0. The SMILES string of the molecule is Cc1ccc(Cl)cc1NC(=O)CS(=O)(=O)c1ccc(Cl)cc1. The monoisotopic (exact) mass is 357 g/mol. The Labute approximate surface area is 139 Å². The average molecular weight is 358 g/mol. The first kappa shape index (κ1) is 16.8. The van der Waals surface area contributed by atoms with E-state index in [2.05, 4.69) is 5.32 Å². The van der Waals surface area contributed by atoms with Crippen LogP contribution in [-0.4, -0.2) is 20.1 Å². The molecule has 0 spiro atoms. The zero-order valence-corrected chi connectivity index (χ0v) is 14.0. The van der Waals surface area contributed by atoms with E-state index in [0.29, 0.717) is 15.7 Å². The lowest BCUT2D eigenvalue weighted by Crippen LogP contribution is -2.23. The number of aryl methyl sites for hydroxylation is 1. The summed E-state index contributed by atoms with van der Waals surface area (Å²) in [7, 11) is -3.72. The summed E-state index contributed by atoms with van der Waals surface area (Å²) in [6.45, 7) is 1.79. The summed E-state index contributed by atoms with van der Waals surface area (Å²) < 4.78 is 24.3. The Hall–Kier alpha value is -1.56. The van der Waals surface area contributed by atoms with Crippen LogP contribution in [0.5, 0.6) is 0 Å². The van der Waals surface area contributed by atoms with E-state index >= 15 is 0 Å². The van der Waals surface area contributed by atoms with Crippen LogP contribution in [0.15, 0.2) is 47.4 Å². The van der Waals surface area contributed by atoms with E-state index < -0.39 is 21.5 Å².